The van der Waals surface area contributed by atoms with Crippen LogP contribution < -0.4 is 19.5 Å². The first-order chi connectivity index (χ1) is 14.9. The summed E-state index contributed by atoms with van der Waals surface area (Å²) in [7, 11) is 0.106. The van der Waals surface area contributed by atoms with Crippen LogP contribution in [0.25, 0.3) is 22.1 Å². The SMILES string of the molecule is COc1ccc(-c2coc3ccc(OCC(=O)NC4CCS(=O)(=O)C4)cc23)cc1OC. The topological polar surface area (TPSA) is 104 Å². The molecule has 1 amide bonds. The van der Waals surface area contributed by atoms with Crippen LogP contribution in [0.4, 0.5) is 0 Å². The van der Waals surface area contributed by atoms with Crippen molar-refractivity contribution >= 4 is 26.7 Å². The minimum absolute atomic E-state index is 0.0194. The number of rotatable bonds is 7. The predicted octanol–water partition coefficient (Wildman–Crippen LogP) is 2.80. The lowest BCUT2D eigenvalue weighted by molar-refractivity contribution is -0.123. The van der Waals surface area contributed by atoms with E-state index in [0.717, 1.165) is 16.5 Å². The molecule has 1 N–H and O–H groups in total. The van der Waals surface area contributed by atoms with E-state index in [1.807, 2.05) is 18.2 Å². The van der Waals surface area contributed by atoms with Crippen LogP contribution in [0.15, 0.2) is 47.1 Å². The lowest BCUT2D eigenvalue weighted by Crippen LogP contribution is -2.38. The molecule has 1 saturated heterocycles. The Balaban J connectivity index is 1.49. The number of hydrogen-bond donors (Lipinski definition) is 1. The quantitative estimate of drug-likeness (QED) is 0.596. The predicted molar refractivity (Wildman–Crippen MR) is 115 cm³/mol. The van der Waals surface area contributed by atoms with Gasteiger partial charge in [-0.3, -0.25) is 4.79 Å². The van der Waals surface area contributed by atoms with Crippen molar-refractivity contribution in [2.45, 2.75) is 12.5 Å². The maximum atomic E-state index is 12.1. The molecule has 9 heteroatoms. The zero-order valence-electron chi connectivity index (χ0n) is 17.2. The van der Waals surface area contributed by atoms with Gasteiger partial charge < -0.3 is 23.9 Å². The third kappa shape index (κ3) is 4.61. The van der Waals surface area contributed by atoms with E-state index in [2.05, 4.69) is 5.32 Å². The van der Waals surface area contributed by atoms with Crippen LogP contribution in [-0.4, -0.2) is 52.7 Å². The number of fused-ring (bicyclic) bond motifs is 1. The number of methoxy groups -OCH3 is 2. The minimum Gasteiger partial charge on any atom is -0.493 e. The third-order valence-corrected chi connectivity index (χ3v) is 6.97. The second-order valence-corrected chi connectivity index (χ2v) is 9.56. The fraction of sp³-hybridized carbons (Fsp3) is 0.318. The molecule has 31 heavy (non-hydrogen) atoms. The molecule has 0 spiro atoms. The molecule has 0 aliphatic carbocycles. The molecule has 164 valence electrons. The first-order valence-electron chi connectivity index (χ1n) is 9.75. The fourth-order valence-corrected chi connectivity index (χ4v) is 5.33. The number of nitrogens with one attached hydrogen (secondary N) is 1. The van der Waals surface area contributed by atoms with Gasteiger partial charge in [-0.15, -0.1) is 0 Å². The van der Waals surface area contributed by atoms with Gasteiger partial charge in [-0.2, -0.15) is 0 Å². The Morgan fingerprint density at radius 1 is 1.13 bits per heavy atom. The number of hydrogen-bond acceptors (Lipinski definition) is 7. The summed E-state index contributed by atoms with van der Waals surface area (Å²) in [6.07, 6.45) is 2.09. The summed E-state index contributed by atoms with van der Waals surface area (Å²) in [6.45, 7) is -0.203. The van der Waals surface area contributed by atoms with E-state index in [9.17, 15) is 13.2 Å². The van der Waals surface area contributed by atoms with E-state index in [-0.39, 0.29) is 30.1 Å². The van der Waals surface area contributed by atoms with E-state index in [1.165, 1.54) is 0 Å². The van der Waals surface area contributed by atoms with Crippen LogP contribution in [0, 0.1) is 0 Å². The highest BCUT2D eigenvalue weighted by Gasteiger charge is 2.28. The Kier molecular flexibility index (Phi) is 5.77. The van der Waals surface area contributed by atoms with Crippen LogP contribution in [0.3, 0.4) is 0 Å². The summed E-state index contributed by atoms with van der Waals surface area (Å²) < 4.78 is 45.0. The molecule has 1 fully saturated rings. The highest BCUT2D eigenvalue weighted by Crippen LogP contribution is 2.37. The van der Waals surface area contributed by atoms with Gasteiger partial charge in [0.1, 0.15) is 11.3 Å². The zero-order chi connectivity index (χ0) is 22.0. The molecular weight excluding hydrogens is 422 g/mol. The largest absolute Gasteiger partial charge is 0.493 e. The number of amides is 1. The molecule has 1 aromatic heterocycles. The van der Waals surface area contributed by atoms with Crippen LogP contribution in [0.2, 0.25) is 0 Å². The third-order valence-electron chi connectivity index (χ3n) is 5.21. The number of carbonyl (C=O) groups excluding carboxylic acids is 1. The van der Waals surface area contributed by atoms with Gasteiger partial charge in [0.05, 0.1) is 32.0 Å². The first-order valence-corrected chi connectivity index (χ1v) is 11.6. The minimum atomic E-state index is -3.05. The van der Waals surface area contributed by atoms with Gasteiger partial charge in [0.15, 0.2) is 27.9 Å². The molecule has 1 aliphatic rings. The maximum absolute atomic E-state index is 12.1. The lowest BCUT2D eigenvalue weighted by atomic mass is 10.0. The Bertz CT molecular complexity index is 1220. The van der Waals surface area contributed by atoms with Crippen molar-refractivity contribution < 1.29 is 31.8 Å². The summed E-state index contributed by atoms with van der Waals surface area (Å²) in [6, 6.07) is 10.5. The molecule has 2 aromatic carbocycles. The Morgan fingerprint density at radius 3 is 2.65 bits per heavy atom. The Labute approximate surface area is 180 Å². The summed E-state index contributed by atoms with van der Waals surface area (Å²) in [5, 5.41) is 3.54. The standard InChI is InChI=1S/C22H23NO7S/c1-27-20-5-3-14(9-21(20)28-2)18-11-30-19-6-4-16(10-17(18)19)29-12-22(24)23-15-7-8-31(25,26)13-15/h3-6,9-11,15H,7-8,12-13H2,1-2H3,(H,23,24). The number of benzene rings is 2. The van der Waals surface area contributed by atoms with Gasteiger partial charge in [0.25, 0.3) is 5.91 Å². The summed E-state index contributed by atoms with van der Waals surface area (Å²) in [5.74, 6) is 1.47. The molecule has 2 heterocycles. The molecule has 0 saturated carbocycles. The Hall–Kier alpha value is -3.20. The van der Waals surface area contributed by atoms with Gasteiger partial charge in [-0.25, -0.2) is 8.42 Å². The summed E-state index contributed by atoms with van der Waals surface area (Å²) in [5.41, 5.74) is 2.41. The zero-order valence-corrected chi connectivity index (χ0v) is 18.0. The molecule has 4 rings (SSSR count). The average molecular weight is 445 g/mol. The van der Waals surface area contributed by atoms with Crippen molar-refractivity contribution in [1.82, 2.24) is 5.32 Å². The first kappa shape index (κ1) is 21.0. The summed E-state index contributed by atoms with van der Waals surface area (Å²) >= 11 is 0. The monoisotopic (exact) mass is 445 g/mol. The fourth-order valence-electron chi connectivity index (χ4n) is 3.65. The van der Waals surface area contributed by atoms with Crippen molar-refractivity contribution in [2.75, 3.05) is 32.3 Å². The van der Waals surface area contributed by atoms with Gasteiger partial charge in [0.2, 0.25) is 0 Å². The van der Waals surface area contributed by atoms with Gasteiger partial charge in [-0.05, 0) is 42.3 Å². The molecule has 1 unspecified atom stereocenters. The van der Waals surface area contributed by atoms with Gasteiger partial charge in [0, 0.05) is 17.0 Å². The van der Waals surface area contributed by atoms with E-state index in [0.29, 0.717) is 29.3 Å². The lowest BCUT2D eigenvalue weighted by Gasteiger charge is -2.12. The van der Waals surface area contributed by atoms with Crippen molar-refractivity contribution in [3.63, 3.8) is 0 Å². The maximum Gasteiger partial charge on any atom is 0.258 e. The van der Waals surface area contributed by atoms with Crippen LogP contribution in [0.5, 0.6) is 17.2 Å². The van der Waals surface area contributed by atoms with Crippen molar-refractivity contribution in [3.05, 3.63) is 42.7 Å². The number of furan rings is 1. The number of carbonyl (C=O) groups is 1. The van der Waals surface area contributed by atoms with Crippen LogP contribution in [0.1, 0.15) is 6.42 Å². The normalized spacial score (nSPS) is 17.4. The summed E-state index contributed by atoms with van der Waals surface area (Å²) in [4.78, 5) is 12.1. The number of sulfone groups is 1. The van der Waals surface area contributed by atoms with Gasteiger partial charge >= 0.3 is 0 Å². The van der Waals surface area contributed by atoms with E-state index in [4.69, 9.17) is 18.6 Å². The number of ether oxygens (including phenoxy) is 3. The molecule has 8 nitrogen and oxygen atoms in total. The smallest absolute Gasteiger partial charge is 0.258 e. The second-order valence-electron chi connectivity index (χ2n) is 7.33. The Morgan fingerprint density at radius 2 is 1.94 bits per heavy atom. The molecular formula is C22H23NO7S. The van der Waals surface area contributed by atoms with Crippen LogP contribution >= 0.6 is 0 Å². The molecule has 0 radical (unpaired) electrons. The van der Waals surface area contributed by atoms with Crippen molar-refractivity contribution in [2.24, 2.45) is 0 Å². The molecule has 0 bridgehead atoms. The molecule has 3 aromatic rings. The highest BCUT2D eigenvalue weighted by atomic mass is 32.2. The highest BCUT2D eigenvalue weighted by molar-refractivity contribution is 7.91. The average Bonchev–Trinajstić information content (AvgIpc) is 3.33. The van der Waals surface area contributed by atoms with E-state index < -0.39 is 9.84 Å². The van der Waals surface area contributed by atoms with Gasteiger partial charge in [-0.1, -0.05) is 6.07 Å². The molecule has 1 atom stereocenters. The van der Waals surface area contributed by atoms with E-state index in [1.54, 1.807) is 38.7 Å². The van der Waals surface area contributed by atoms with Crippen molar-refractivity contribution in [1.29, 1.82) is 0 Å². The molecule has 1 aliphatic heterocycles. The van der Waals surface area contributed by atoms with Crippen LogP contribution in [-0.2, 0) is 14.6 Å². The second kappa shape index (κ2) is 8.50. The van der Waals surface area contributed by atoms with E-state index >= 15 is 0 Å². The van der Waals surface area contributed by atoms with Crippen molar-refractivity contribution in [3.8, 4) is 28.4 Å².